The molecule has 0 bridgehead atoms. The van der Waals surface area contributed by atoms with Crippen LogP contribution in [0.3, 0.4) is 0 Å². The van der Waals surface area contributed by atoms with Gasteiger partial charge in [-0.25, -0.2) is 4.90 Å². The molecule has 0 aromatic heterocycles. The van der Waals surface area contributed by atoms with Crippen LogP contribution in [0.25, 0.3) is 0 Å². The highest BCUT2D eigenvalue weighted by Gasteiger charge is 2.50. The number of para-hydroxylation sites is 2. The fraction of sp³-hybridized carbons (Fsp3) is 0.348. The molecule has 4 rings (SSSR count). The highest BCUT2D eigenvalue weighted by molar-refractivity contribution is 6.24. The van der Waals surface area contributed by atoms with E-state index in [2.05, 4.69) is 5.32 Å². The molecule has 5 nitrogen and oxygen atoms in total. The van der Waals surface area contributed by atoms with Gasteiger partial charge in [-0.3, -0.25) is 14.4 Å². The number of anilines is 2. The predicted octanol–water partition coefficient (Wildman–Crippen LogP) is 4.88. The van der Waals surface area contributed by atoms with E-state index in [0.29, 0.717) is 18.8 Å². The molecule has 0 spiro atoms. The van der Waals surface area contributed by atoms with Gasteiger partial charge in [-0.15, -0.1) is 0 Å². The summed E-state index contributed by atoms with van der Waals surface area (Å²) in [4.78, 5) is 40.0. The van der Waals surface area contributed by atoms with Crippen LogP contribution in [0.1, 0.15) is 42.1 Å². The lowest BCUT2D eigenvalue weighted by Gasteiger charge is -2.25. The Hall–Kier alpha value is -3.16. The summed E-state index contributed by atoms with van der Waals surface area (Å²) in [5.74, 6) is -2.02. The summed E-state index contributed by atoms with van der Waals surface area (Å²) in [6.45, 7) is 2.04. The molecule has 3 atom stereocenters. The minimum Gasteiger partial charge on any atom is -0.321 e. The van der Waals surface area contributed by atoms with E-state index in [9.17, 15) is 27.6 Å². The minimum atomic E-state index is -4.64. The number of rotatable bonds is 3. The van der Waals surface area contributed by atoms with Crippen molar-refractivity contribution in [3.8, 4) is 0 Å². The topological polar surface area (TPSA) is 66.5 Å². The first-order chi connectivity index (χ1) is 14.7. The van der Waals surface area contributed by atoms with Gasteiger partial charge in [0, 0.05) is 0 Å². The van der Waals surface area contributed by atoms with Crippen molar-refractivity contribution < 1.29 is 27.6 Å². The second kappa shape index (κ2) is 7.83. The number of fused-ring (bicyclic) bond motifs is 1. The van der Waals surface area contributed by atoms with Gasteiger partial charge in [-0.2, -0.15) is 13.2 Å². The molecule has 0 radical (unpaired) electrons. The Bertz CT molecular complexity index is 1050. The quantitative estimate of drug-likeness (QED) is 0.706. The Labute approximate surface area is 177 Å². The van der Waals surface area contributed by atoms with E-state index in [0.717, 1.165) is 23.5 Å². The van der Waals surface area contributed by atoms with Gasteiger partial charge in [0.25, 0.3) is 5.91 Å². The van der Waals surface area contributed by atoms with Gasteiger partial charge in [0.1, 0.15) is 0 Å². The first kappa shape index (κ1) is 21.1. The van der Waals surface area contributed by atoms with Gasteiger partial charge in [0.2, 0.25) is 11.8 Å². The van der Waals surface area contributed by atoms with Crippen molar-refractivity contribution in [2.24, 2.45) is 17.8 Å². The van der Waals surface area contributed by atoms with Crippen LogP contribution >= 0.6 is 0 Å². The molecule has 2 aliphatic rings. The van der Waals surface area contributed by atoms with E-state index in [1.165, 1.54) is 30.3 Å². The molecule has 1 saturated carbocycles. The van der Waals surface area contributed by atoms with E-state index in [-0.39, 0.29) is 23.1 Å². The van der Waals surface area contributed by atoms with E-state index in [1.54, 1.807) is 6.07 Å². The Balaban J connectivity index is 1.67. The molecule has 1 saturated heterocycles. The predicted molar refractivity (Wildman–Crippen MR) is 108 cm³/mol. The van der Waals surface area contributed by atoms with Crippen molar-refractivity contribution in [2.45, 2.75) is 32.4 Å². The van der Waals surface area contributed by atoms with Crippen molar-refractivity contribution in [1.29, 1.82) is 0 Å². The van der Waals surface area contributed by atoms with E-state index in [1.807, 2.05) is 6.92 Å². The molecule has 2 fully saturated rings. The molecule has 8 heteroatoms. The fourth-order valence-electron chi connectivity index (χ4n) is 4.52. The molecule has 1 aliphatic heterocycles. The normalized spacial score (nSPS) is 23.6. The van der Waals surface area contributed by atoms with E-state index < -0.39 is 35.2 Å². The zero-order chi connectivity index (χ0) is 22.3. The largest absolute Gasteiger partial charge is 0.418 e. The van der Waals surface area contributed by atoms with Crippen LogP contribution in [-0.2, 0) is 15.8 Å². The monoisotopic (exact) mass is 430 g/mol. The van der Waals surface area contributed by atoms with Crippen molar-refractivity contribution in [3.63, 3.8) is 0 Å². The van der Waals surface area contributed by atoms with Crippen molar-refractivity contribution in [1.82, 2.24) is 0 Å². The van der Waals surface area contributed by atoms with Crippen LogP contribution in [0.5, 0.6) is 0 Å². The van der Waals surface area contributed by atoms with Crippen LogP contribution in [-0.4, -0.2) is 17.7 Å². The van der Waals surface area contributed by atoms with E-state index >= 15 is 0 Å². The molecule has 162 valence electrons. The molecule has 1 N–H and O–H groups in total. The molecular formula is C23H21F3N2O3. The number of hydrogen-bond acceptors (Lipinski definition) is 3. The zero-order valence-corrected chi connectivity index (χ0v) is 16.8. The molecule has 1 aliphatic carbocycles. The summed E-state index contributed by atoms with van der Waals surface area (Å²) in [5.41, 5.74) is -1.31. The number of halogens is 3. The number of alkyl halides is 3. The van der Waals surface area contributed by atoms with Crippen LogP contribution in [0.2, 0.25) is 0 Å². The first-order valence-corrected chi connectivity index (χ1v) is 10.1. The average molecular weight is 430 g/mol. The zero-order valence-electron chi connectivity index (χ0n) is 16.8. The summed E-state index contributed by atoms with van der Waals surface area (Å²) >= 11 is 0. The Morgan fingerprint density at radius 3 is 2.35 bits per heavy atom. The van der Waals surface area contributed by atoms with Gasteiger partial charge >= 0.3 is 6.18 Å². The third kappa shape index (κ3) is 3.82. The van der Waals surface area contributed by atoms with Gasteiger partial charge in [0.05, 0.1) is 34.3 Å². The van der Waals surface area contributed by atoms with Gasteiger partial charge < -0.3 is 5.32 Å². The minimum absolute atomic E-state index is 0.0344. The number of carbonyl (C=O) groups excluding carboxylic acids is 3. The number of nitrogens with one attached hydrogen (secondary N) is 1. The maximum atomic E-state index is 13.3. The lowest BCUT2D eigenvalue weighted by atomic mass is 9.76. The van der Waals surface area contributed by atoms with E-state index in [4.69, 9.17) is 0 Å². The SMILES string of the molecule is C[C@@H]1CC[C@H]2C(=O)N(c3ccccc3C(=O)Nc3ccccc3C(F)(F)F)C(=O)[C@@H]2C1. The fourth-order valence-corrected chi connectivity index (χ4v) is 4.52. The third-order valence-corrected chi connectivity index (χ3v) is 6.06. The van der Waals surface area contributed by atoms with Gasteiger partial charge in [-0.05, 0) is 49.4 Å². The Morgan fingerprint density at radius 1 is 0.968 bits per heavy atom. The third-order valence-electron chi connectivity index (χ3n) is 6.06. The smallest absolute Gasteiger partial charge is 0.321 e. The second-order valence-corrected chi connectivity index (χ2v) is 8.16. The summed E-state index contributed by atoms with van der Waals surface area (Å²) in [6.07, 6.45) is -2.57. The van der Waals surface area contributed by atoms with Crippen molar-refractivity contribution in [2.75, 3.05) is 10.2 Å². The molecular weight excluding hydrogens is 409 g/mol. The number of carbonyl (C=O) groups is 3. The summed E-state index contributed by atoms with van der Waals surface area (Å²) in [5, 5.41) is 2.29. The molecule has 2 aromatic rings. The van der Waals surface area contributed by atoms with Crippen LogP contribution in [0.15, 0.2) is 48.5 Å². The lowest BCUT2D eigenvalue weighted by molar-refractivity contribution is -0.137. The molecule has 2 aromatic carbocycles. The Morgan fingerprint density at radius 2 is 1.61 bits per heavy atom. The second-order valence-electron chi connectivity index (χ2n) is 8.16. The molecule has 1 heterocycles. The molecule has 31 heavy (non-hydrogen) atoms. The molecule has 0 unspecified atom stereocenters. The maximum Gasteiger partial charge on any atom is 0.418 e. The number of hydrogen-bond donors (Lipinski definition) is 1. The number of benzene rings is 2. The standard InChI is InChI=1S/C23H21F3N2O3/c1-13-10-11-14-16(12-13)22(31)28(21(14)30)19-9-5-2-6-15(19)20(29)27-18-8-4-3-7-17(18)23(24,25)26/h2-9,13-14,16H,10-12H2,1H3,(H,27,29)/t13-,14-,16-/m1/s1. The number of amides is 3. The highest BCUT2D eigenvalue weighted by atomic mass is 19.4. The number of imide groups is 1. The summed E-state index contributed by atoms with van der Waals surface area (Å²) in [7, 11) is 0. The maximum absolute atomic E-state index is 13.3. The van der Waals surface area contributed by atoms with Crippen molar-refractivity contribution in [3.05, 3.63) is 59.7 Å². The van der Waals surface area contributed by atoms with Gasteiger partial charge in [-0.1, -0.05) is 31.2 Å². The van der Waals surface area contributed by atoms with Crippen LogP contribution in [0.4, 0.5) is 24.5 Å². The summed E-state index contributed by atoms with van der Waals surface area (Å²) in [6, 6.07) is 10.6. The highest BCUT2D eigenvalue weighted by Crippen LogP contribution is 2.43. The van der Waals surface area contributed by atoms with Crippen LogP contribution in [0, 0.1) is 17.8 Å². The lowest BCUT2D eigenvalue weighted by Crippen LogP contribution is -2.33. The first-order valence-electron chi connectivity index (χ1n) is 10.1. The summed E-state index contributed by atoms with van der Waals surface area (Å²) < 4.78 is 39.8. The van der Waals surface area contributed by atoms with Crippen molar-refractivity contribution >= 4 is 29.1 Å². The van der Waals surface area contributed by atoms with Crippen LogP contribution < -0.4 is 10.2 Å². The average Bonchev–Trinajstić information content (AvgIpc) is 2.97. The molecule has 3 amide bonds. The van der Waals surface area contributed by atoms with Gasteiger partial charge in [0.15, 0.2) is 0 Å². The number of nitrogens with zero attached hydrogens (tertiary/aromatic N) is 1. The Kier molecular flexibility index (Phi) is 5.33.